The third-order valence-electron chi connectivity index (χ3n) is 3.74. The van der Waals surface area contributed by atoms with Crippen molar-refractivity contribution >= 4 is 21.6 Å². The Morgan fingerprint density at radius 2 is 2.05 bits per heavy atom. The first kappa shape index (κ1) is 15.6. The summed E-state index contributed by atoms with van der Waals surface area (Å²) in [6.45, 7) is 3.87. The fraction of sp³-hybridized carbons (Fsp3) is 0.571. The van der Waals surface area contributed by atoms with Crippen LogP contribution in [-0.4, -0.2) is 31.1 Å². The van der Waals surface area contributed by atoms with E-state index in [4.69, 9.17) is 0 Å². The molecule has 1 aromatic carbocycles. The van der Waals surface area contributed by atoms with Gasteiger partial charge in [0.1, 0.15) is 0 Å². The maximum Gasteiger partial charge on any atom is 0.418 e. The number of nitrogens with one attached hydrogen (secondary N) is 1. The zero-order valence-electron chi connectivity index (χ0n) is 11.5. The lowest BCUT2D eigenvalue weighted by Gasteiger charge is -2.36. The van der Waals surface area contributed by atoms with Crippen LogP contribution in [0.25, 0.3) is 0 Å². The molecule has 1 saturated heterocycles. The minimum absolute atomic E-state index is 0.0773. The van der Waals surface area contributed by atoms with Crippen molar-refractivity contribution < 1.29 is 13.2 Å². The molecule has 0 spiro atoms. The second-order valence-corrected chi connectivity index (χ2v) is 6.38. The van der Waals surface area contributed by atoms with Crippen LogP contribution in [0.3, 0.4) is 0 Å². The van der Waals surface area contributed by atoms with Crippen molar-refractivity contribution in [1.82, 2.24) is 4.90 Å². The summed E-state index contributed by atoms with van der Waals surface area (Å²) in [5.74, 6) is 0.318. The number of hydrogen-bond donors (Lipinski definition) is 1. The highest BCUT2D eigenvalue weighted by Gasteiger charge is 2.35. The molecular formula is C14H18BrF3N2. The van der Waals surface area contributed by atoms with Crippen LogP contribution < -0.4 is 5.32 Å². The summed E-state index contributed by atoms with van der Waals surface area (Å²) in [6, 6.07) is 4.34. The fourth-order valence-corrected chi connectivity index (χ4v) is 3.01. The van der Waals surface area contributed by atoms with Gasteiger partial charge in [0.05, 0.1) is 5.56 Å². The molecule has 2 nitrogen and oxygen atoms in total. The molecule has 1 fully saturated rings. The highest BCUT2D eigenvalue weighted by atomic mass is 79.9. The van der Waals surface area contributed by atoms with Gasteiger partial charge in [-0.1, -0.05) is 22.9 Å². The SMILES string of the molecule is CC1CN(C)CCC1Nc1ccc(Br)cc1C(F)(F)F. The Balaban J connectivity index is 2.21. The van der Waals surface area contributed by atoms with Crippen molar-refractivity contribution in [2.45, 2.75) is 25.6 Å². The van der Waals surface area contributed by atoms with Crippen LogP contribution in [0.2, 0.25) is 0 Å². The number of alkyl halides is 3. The van der Waals surface area contributed by atoms with E-state index in [1.807, 2.05) is 7.05 Å². The molecule has 1 aliphatic heterocycles. The van der Waals surface area contributed by atoms with Gasteiger partial charge in [-0.05, 0) is 44.1 Å². The maximum atomic E-state index is 13.1. The third kappa shape index (κ3) is 3.67. The maximum absolute atomic E-state index is 13.1. The molecule has 6 heteroatoms. The second kappa shape index (κ2) is 5.93. The molecule has 112 valence electrons. The lowest BCUT2D eigenvalue weighted by molar-refractivity contribution is -0.137. The molecule has 2 atom stereocenters. The third-order valence-corrected chi connectivity index (χ3v) is 4.23. The van der Waals surface area contributed by atoms with Crippen LogP contribution in [0.4, 0.5) is 18.9 Å². The van der Waals surface area contributed by atoms with Crippen LogP contribution in [0, 0.1) is 5.92 Å². The lowest BCUT2D eigenvalue weighted by Crippen LogP contribution is -2.43. The number of rotatable bonds is 2. The normalized spacial score (nSPS) is 24.7. The topological polar surface area (TPSA) is 15.3 Å². The van der Waals surface area contributed by atoms with E-state index >= 15 is 0 Å². The van der Waals surface area contributed by atoms with Crippen LogP contribution in [0.5, 0.6) is 0 Å². The zero-order chi connectivity index (χ0) is 14.9. The molecule has 2 unspecified atom stereocenters. The van der Waals surface area contributed by atoms with Crippen molar-refractivity contribution in [3.63, 3.8) is 0 Å². The number of hydrogen-bond acceptors (Lipinski definition) is 2. The molecule has 2 rings (SSSR count). The van der Waals surface area contributed by atoms with Gasteiger partial charge in [0.15, 0.2) is 0 Å². The first-order valence-electron chi connectivity index (χ1n) is 6.59. The molecule has 0 radical (unpaired) electrons. The van der Waals surface area contributed by atoms with E-state index in [1.54, 1.807) is 6.07 Å². The molecule has 1 aromatic rings. The minimum atomic E-state index is -4.35. The molecule has 1 heterocycles. The summed E-state index contributed by atoms with van der Waals surface area (Å²) in [4.78, 5) is 2.20. The lowest BCUT2D eigenvalue weighted by atomic mass is 9.93. The molecular weight excluding hydrogens is 333 g/mol. The van der Waals surface area contributed by atoms with E-state index in [0.29, 0.717) is 10.4 Å². The molecule has 0 aliphatic carbocycles. The van der Waals surface area contributed by atoms with E-state index in [0.717, 1.165) is 25.6 Å². The molecule has 0 saturated carbocycles. The average Bonchev–Trinajstić information content (AvgIpc) is 2.33. The Morgan fingerprint density at radius 1 is 1.35 bits per heavy atom. The van der Waals surface area contributed by atoms with Crippen LogP contribution in [0.15, 0.2) is 22.7 Å². The first-order chi connectivity index (χ1) is 9.27. The number of piperidine rings is 1. The van der Waals surface area contributed by atoms with Gasteiger partial charge in [-0.2, -0.15) is 13.2 Å². The Labute approximate surface area is 125 Å². The van der Waals surface area contributed by atoms with Crippen molar-refractivity contribution in [3.05, 3.63) is 28.2 Å². The smallest absolute Gasteiger partial charge is 0.381 e. The summed E-state index contributed by atoms with van der Waals surface area (Å²) >= 11 is 3.10. The molecule has 1 N–H and O–H groups in total. The summed E-state index contributed by atoms with van der Waals surface area (Å²) in [5, 5.41) is 3.09. The predicted molar refractivity (Wildman–Crippen MR) is 77.8 cm³/mol. The summed E-state index contributed by atoms with van der Waals surface area (Å²) in [6.07, 6.45) is -3.49. The second-order valence-electron chi connectivity index (χ2n) is 5.47. The van der Waals surface area contributed by atoms with Crippen molar-refractivity contribution in [2.24, 2.45) is 5.92 Å². The summed E-state index contributed by atoms with van der Waals surface area (Å²) in [7, 11) is 2.04. The Morgan fingerprint density at radius 3 is 2.65 bits per heavy atom. The molecule has 0 amide bonds. The van der Waals surface area contributed by atoms with E-state index in [1.165, 1.54) is 6.07 Å². The largest absolute Gasteiger partial charge is 0.418 e. The quantitative estimate of drug-likeness (QED) is 0.858. The van der Waals surface area contributed by atoms with Crippen LogP contribution in [0.1, 0.15) is 18.9 Å². The van der Waals surface area contributed by atoms with E-state index in [2.05, 4.69) is 33.1 Å². The average molecular weight is 351 g/mol. The Hall–Kier alpha value is -0.750. The van der Waals surface area contributed by atoms with Crippen molar-refractivity contribution in [3.8, 4) is 0 Å². The Kier molecular flexibility index (Phi) is 4.64. The highest BCUT2D eigenvalue weighted by molar-refractivity contribution is 9.10. The summed E-state index contributed by atoms with van der Waals surface area (Å²) in [5.41, 5.74) is -0.444. The van der Waals surface area contributed by atoms with E-state index in [-0.39, 0.29) is 11.7 Å². The van der Waals surface area contributed by atoms with Gasteiger partial charge in [-0.25, -0.2) is 0 Å². The van der Waals surface area contributed by atoms with Crippen molar-refractivity contribution in [1.29, 1.82) is 0 Å². The first-order valence-corrected chi connectivity index (χ1v) is 7.38. The van der Waals surface area contributed by atoms with Gasteiger partial charge in [-0.15, -0.1) is 0 Å². The van der Waals surface area contributed by atoms with Gasteiger partial charge in [-0.3, -0.25) is 0 Å². The number of anilines is 1. The van der Waals surface area contributed by atoms with Gasteiger partial charge in [0.25, 0.3) is 0 Å². The zero-order valence-corrected chi connectivity index (χ0v) is 13.1. The number of likely N-dealkylation sites (tertiary alicyclic amines) is 1. The highest BCUT2D eigenvalue weighted by Crippen LogP contribution is 2.37. The predicted octanol–water partition coefficient (Wildman–Crippen LogP) is 4.22. The van der Waals surface area contributed by atoms with Crippen LogP contribution >= 0.6 is 15.9 Å². The summed E-state index contributed by atoms with van der Waals surface area (Å²) < 4.78 is 39.7. The fourth-order valence-electron chi connectivity index (χ4n) is 2.65. The number of halogens is 4. The molecule has 20 heavy (non-hydrogen) atoms. The molecule has 0 bridgehead atoms. The van der Waals surface area contributed by atoms with Gasteiger partial charge in [0.2, 0.25) is 0 Å². The molecule has 0 aromatic heterocycles. The van der Waals surface area contributed by atoms with Crippen molar-refractivity contribution in [2.75, 3.05) is 25.5 Å². The Bertz CT molecular complexity index is 476. The number of nitrogens with zero attached hydrogens (tertiary/aromatic N) is 1. The van der Waals surface area contributed by atoms with E-state index < -0.39 is 11.7 Å². The van der Waals surface area contributed by atoms with Gasteiger partial charge >= 0.3 is 6.18 Å². The molecule has 1 aliphatic rings. The van der Waals surface area contributed by atoms with Crippen LogP contribution in [-0.2, 0) is 6.18 Å². The van der Waals surface area contributed by atoms with Gasteiger partial charge in [0, 0.05) is 22.7 Å². The standard InChI is InChI=1S/C14H18BrF3N2/c1-9-8-20(2)6-5-12(9)19-13-4-3-10(15)7-11(13)14(16,17)18/h3-4,7,9,12,19H,5-6,8H2,1-2H3. The minimum Gasteiger partial charge on any atom is -0.381 e. The van der Waals surface area contributed by atoms with Gasteiger partial charge < -0.3 is 10.2 Å². The number of benzene rings is 1. The van der Waals surface area contributed by atoms with E-state index in [9.17, 15) is 13.2 Å². The monoisotopic (exact) mass is 350 g/mol.